The molecule has 2 nitrogen and oxygen atoms in total. The normalized spacial score (nSPS) is 15.7. The van der Waals surface area contributed by atoms with Crippen LogP contribution in [0.25, 0.3) is 21.9 Å². The van der Waals surface area contributed by atoms with Crippen LogP contribution in [0.15, 0.2) is 144 Å². The molecule has 0 saturated carbocycles. The molecule has 7 rings (SSSR count). The van der Waals surface area contributed by atoms with Crippen molar-refractivity contribution in [1.82, 2.24) is 0 Å². The predicted molar refractivity (Wildman–Crippen MR) is 160 cm³/mol. The van der Waals surface area contributed by atoms with E-state index in [4.69, 9.17) is 0 Å². The van der Waals surface area contributed by atoms with Crippen LogP contribution >= 0.6 is 15.9 Å². The van der Waals surface area contributed by atoms with Crippen LogP contribution in [0, 0.1) is 0 Å². The molecule has 0 amide bonds. The summed E-state index contributed by atoms with van der Waals surface area (Å²) < 4.78 is 0.937. The molecule has 0 bridgehead atoms. The second-order valence-corrected chi connectivity index (χ2v) is 10.5. The fourth-order valence-electron chi connectivity index (χ4n) is 5.91. The molecule has 6 aromatic rings. The molecule has 0 fully saturated rings. The molecular formula is C35H24BrNO. The molecule has 6 aromatic carbocycles. The van der Waals surface area contributed by atoms with Crippen molar-refractivity contribution in [3.8, 4) is 11.1 Å². The minimum Gasteiger partial charge on any atom is -0.376 e. The summed E-state index contributed by atoms with van der Waals surface area (Å²) in [6.45, 7) is 0. The molecule has 0 radical (unpaired) electrons. The zero-order chi connectivity index (χ0) is 25.7. The van der Waals surface area contributed by atoms with Crippen molar-refractivity contribution in [2.24, 2.45) is 0 Å². The number of fused-ring (bicyclic) bond motifs is 5. The van der Waals surface area contributed by atoms with E-state index in [1.807, 2.05) is 60.7 Å². The third-order valence-corrected chi connectivity index (χ3v) is 8.01. The zero-order valence-electron chi connectivity index (χ0n) is 20.6. The first-order valence-electron chi connectivity index (χ1n) is 12.7. The number of benzene rings is 6. The smallest absolute Gasteiger partial charge is 0.144 e. The van der Waals surface area contributed by atoms with E-state index in [9.17, 15) is 5.11 Å². The molecule has 1 unspecified atom stereocenters. The Balaban J connectivity index is 1.58. The molecule has 0 heterocycles. The highest BCUT2D eigenvalue weighted by molar-refractivity contribution is 9.10. The quantitative estimate of drug-likeness (QED) is 0.235. The molecule has 3 heteroatoms. The summed E-state index contributed by atoms with van der Waals surface area (Å²) in [6.07, 6.45) is 0. The van der Waals surface area contributed by atoms with Crippen molar-refractivity contribution < 1.29 is 5.11 Å². The molecule has 1 aliphatic carbocycles. The SMILES string of the molecule is OC1(c2ccccc2N(c2ccccc2)c2ccccc2)c2cc(Br)ccc2-c2ccc3ccccc3c21. The molecule has 1 aliphatic rings. The lowest BCUT2D eigenvalue weighted by Gasteiger charge is -2.34. The van der Waals surface area contributed by atoms with Crippen molar-refractivity contribution in [3.63, 3.8) is 0 Å². The van der Waals surface area contributed by atoms with Crippen molar-refractivity contribution >= 4 is 43.8 Å². The van der Waals surface area contributed by atoms with E-state index >= 15 is 0 Å². The van der Waals surface area contributed by atoms with E-state index in [2.05, 4.69) is 99.7 Å². The molecule has 0 aromatic heterocycles. The van der Waals surface area contributed by atoms with Gasteiger partial charge in [0.05, 0.1) is 5.69 Å². The van der Waals surface area contributed by atoms with Gasteiger partial charge in [-0.05, 0) is 64.4 Å². The third kappa shape index (κ3) is 3.43. The summed E-state index contributed by atoms with van der Waals surface area (Å²) in [5.41, 5.74) is 6.38. The number of aliphatic hydroxyl groups is 1. The van der Waals surface area contributed by atoms with Crippen LogP contribution in [0.2, 0.25) is 0 Å². The van der Waals surface area contributed by atoms with Crippen LogP contribution < -0.4 is 4.90 Å². The molecular weight excluding hydrogens is 530 g/mol. The topological polar surface area (TPSA) is 23.5 Å². The summed E-state index contributed by atoms with van der Waals surface area (Å²) in [5, 5.41) is 15.3. The largest absolute Gasteiger partial charge is 0.376 e. The minimum absolute atomic E-state index is 0.835. The van der Waals surface area contributed by atoms with Crippen LogP contribution in [-0.4, -0.2) is 5.11 Å². The fourth-order valence-corrected chi connectivity index (χ4v) is 6.27. The van der Waals surface area contributed by atoms with Crippen LogP contribution in [-0.2, 0) is 5.60 Å². The van der Waals surface area contributed by atoms with Gasteiger partial charge in [0, 0.05) is 32.5 Å². The monoisotopic (exact) mass is 553 g/mol. The molecule has 0 aliphatic heterocycles. The van der Waals surface area contributed by atoms with Crippen molar-refractivity contribution in [2.75, 3.05) is 4.90 Å². The van der Waals surface area contributed by atoms with E-state index in [1.54, 1.807) is 0 Å². The summed E-state index contributed by atoms with van der Waals surface area (Å²) in [6, 6.07) is 47.8. The zero-order valence-corrected chi connectivity index (χ0v) is 22.1. The van der Waals surface area contributed by atoms with E-state index in [1.165, 1.54) is 0 Å². The number of halogens is 1. The Morgan fingerprint density at radius 3 is 1.89 bits per heavy atom. The predicted octanol–water partition coefficient (Wildman–Crippen LogP) is 9.34. The molecule has 0 spiro atoms. The lowest BCUT2D eigenvalue weighted by Crippen LogP contribution is -2.29. The number of hydrogen-bond acceptors (Lipinski definition) is 2. The molecule has 182 valence electrons. The number of rotatable bonds is 4. The van der Waals surface area contributed by atoms with Gasteiger partial charge in [-0.15, -0.1) is 0 Å². The molecule has 1 atom stereocenters. The van der Waals surface area contributed by atoms with Crippen molar-refractivity contribution in [3.05, 3.63) is 161 Å². The van der Waals surface area contributed by atoms with Gasteiger partial charge in [0.25, 0.3) is 0 Å². The summed E-state index contributed by atoms with van der Waals surface area (Å²) >= 11 is 3.68. The van der Waals surface area contributed by atoms with E-state index in [-0.39, 0.29) is 0 Å². The second kappa shape index (κ2) is 8.98. The van der Waals surface area contributed by atoms with Gasteiger partial charge in [0.2, 0.25) is 0 Å². The first-order chi connectivity index (χ1) is 18.7. The van der Waals surface area contributed by atoms with Crippen LogP contribution in [0.5, 0.6) is 0 Å². The van der Waals surface area contributed by atoms with Gasteiger partial charge in [0.15, 0.2) is 0 Å². The van der Waals surface area contributed by atoms with E-state index < -0.39 is 5.60 Å². The van der Waals surface area contributed by atoms with Gasteiger partial charge >= 0.3 is 0 Å². The average molecular weight is 554 g/mol. The van der Waals surface area contributed by atoms with Gasteiger partial charge in [-0.2, -0.15) is 0 Å². The Morgan fingerprint density at radius 2 is 1.16 bits per heavy atom. The summed E-state index contributed by atoms with van der Waals surface area (Å²) in [5.74, 6) is 0. The van der Waals surface area contributed by atoms with Crippen molar-refractivity contribution in [2.45, 2.75) is 5.60 Å². The third-order valence-electron chi connectivity index (χ3n) is 7.52. The van der Waals surface area contributed by atoms with Gasteiger partial charge in [-0.1, -0.05) is 113 Å². The van der Waals surface area contributed by atoms with Crippen LogP contribution in [0.3, 0.4) is 0 Å². The first-order valence-corrected chi connectivity index (χ1v) is 13.5. The lowest BCUT2D eigenvalue weighted by atomic mass is 9.81. The van der Waals surface area contributed by atoms with Crippen molar-refractivity contribution in [1.29, 1.82) is 0 Å². The number of anilines is 3. The maximum Gasteiger partial charge on any atom is 0.144 e. The number of nitrogens with zero attached hydrogens (tertiary/aromatic N) is 1. The molecule has 0 saturated heterocycles. The average Bonchev–Trinajstić information content (AvgIpc) is 3.23. The Kier molecular flexibility index (Phi) is 5.43. The minimum atomic E-state index is -1.37. The highest BCUT2D eigenvalue weighted by Gasteiger charge is 2.46. The second-order valence-electron chi connectivity index (χ2n) is 9.63. The lowest BCUT2D eigenvalue weighted by molar-refractivity contribution is 0.133. The van der Waals surface area contributed by atoms with Crippen LogP contribution in [0.4, 0.5) is 17.1 Å². The molecule has 1 N–H and O–H groups in total. The van der Waals surface area contributed by atoms with Gasteiger partial charge in [0.1, 0.15) is 5.60 Å². The molecule has 38 heavy (non-hydrogen) atoms. The Morgan fingerprint density at radius 1 is 0.553 bits per heavy atom. The van der Waals surface area contributed by atoms with Gasteiger partial charge in [-0.3, -0.25) is 0 Å². The first kappa shape index (κ1) is 23.0. The maximum atomic E-state index is 13.2. The van der Waals surface area contributed by atoms with Gasteiger partial charge < -0.3 is 10.0 Å². The fraction of sp³-hybridized carbons (Fsp3) is 0.0286. The van der Waals surface area contributed by atoms with E-state index in [0.717, 1.165) is 60.1 Å². The summed E-state index contributed by atoms with van der Waals surface area (Å²) in [4.78, 5) is 2.23. The summed E-state index contributed by atoms with van der Waals surface area (Å²) in [7, 11) is 0. The van der Waals surface area contributed by atoms with Crippen LogP contribution in [0.1, 0.15) is 16.7 Å². The Bertz CT molecular complexity index is 1760. The number of para-hydroxylation sites is 3. The maximum absolute atomic E-state index is 13.2. The highest BCUT2D eigenvalue weighted by Crippen LogP contribution is 2.56. The standard InChI is InChI=1S/C35H24BrNO/c36-25-20-22-29-30-21-19-24-11-7-8-16-28(24)34(30)35(38,32(29)23-25)31-17-9-10-18-33(31)37(26-12-3-1-4-13-26)27-14-5-2-6-15-27/h1-23,38H. The van der Waals surface area contributed by atoms with E-state index in [0.29, 0.717) is 0 Å². The number of hydrogen-bond donors (Lipinski definition) is 1. The Labute approximate surface area is 230 Å². The van der Waals surface area contributed by atoms with Gasteiger partial charge in [-0.25, -0.2) is 0 Å². The highest BCUT2D eigenvalue weighted by atomic mass is 79.9. The Hall–Kier alpha value is -4.18.